The third-order valence-corrected chi connectivity index (χ3v) is 2.66. The van der Waals surface area contributed by atoms with E-state index in [-0.39, 0.29) is 12.1 Å². The lowest BCUT2D eigenvalue weighted by Gasteiger charge is -2.06. The van der Waals surface area contributed by atoms with Crippen LogP contribution in [0.15, 0.2) is 36.5 Å². The van der Waals surface area contributed by atoms with Crippen molar-refractivity contribution in [2.24, 2.45) is 0 Å². The fraction of sp³-hybridized carbons (Fsp3) is 0.143. The monoisotopic (exact) mass is 262 g/mol. The topological polar surface area (TPSA) is 42.0 Å². The van der Waals surface area contributed by atoms with Crippen molar-refractivity contribution >= 4 is 5.91 Å². The normalized spacial score (nSPS) is 10.3. The highest BCUT2D eigenvalue weighted by atomic mass is 19.2. The Kier molecular flexibility index (Phi) is 3.85. The van der Waals surface area contributed by atoms with E-state index in [4.69, 9.17) is 0 Å². The highest BCUT2D eigenvalue weighted by Crippen LogP contribution is 2.09. The van der Waals surface area contributed by atoms with Gasteiger partial charge in [0.25, 0.3) is 5.91 Å². The average Bonchev–Trinajstić information content (AvgIpc) is 2.41. The van der Waals surface area contributed by atoms with Crippen LogP contribution in [0, 0.1) is 18.7 Å². The van der Waals surface area contributed by atoms with Crippen LogP contribution in [-0.2, 0) is 6.54 Å². The number of nitrogens with zero attached hydrogens (tertiary/aromatic N) is 1. The minimum Gasteiger partial charge on any atom is -0.348 e. The summed E-state index contributed by atoms with van der Waals surface area (Å²) in [5.41, 5.74) is 1.64. The van der Waals surface area contributed by atoms with Crippen molar-refractivity contribution in [3.8, 4) is 0 Å². The summed E-state index contributed by atoms with van der Waals surface area (Å²) >= 11 is 0. The Balaban J connectivity index is 2.05. The Labute approximate surface area is 109 Å². The molecular formula is C14H12F2N2O. The molecule has 1 amide bonds. The van der Waals surface area contributed by atoms with Crippen LogP contribution < -0.4 is 5.32 Å². The lowest BCUT2D eigenvalue weighted by molar-refractivity contribution is 0.0945. The van der Waals surface area contributed by atoms with E-state index in [0.717, 1.165) is 23.4 Å². The number of hydrogen-bond acceptors (Lipinski definition) is 2. The largest absolute Gasteiger partial charge is 0.348 e. The summed E-state index contributed by atoms with van der Waals surface area (Å²) in [4.78, 5) is 14.8. The molecule has 3 nitrogen and oxygen atoms in total. The second-order valence-electron chi connectivity index (χ2n) is 4.13. The fourth-order valence-corrected chi connectivity index (χ4v) is 1.58. The van der Waals surface area contributed by atoms with Crippen molar-refractivity contribution in [3.05, 3.63) is 65.0 Å². The van der Waals surface area contributed by atoms with E-state index in [9.17, 15) is 13.6 Å². The molecule has 2 aromatic rings. The number of carbonyl (C=O) groups excluding carboxylic acids is 1. The van der Waals surface area contributed by atoms with Crippen LogP contribution in [-0.4, -0.2) is 10.9 Å². The van der Waals surface area contributed by atoms with Gasteiger partial charge in [-0.2, -0.15) is 4.39 Å². The number of aryl methyl sites for hydroxylation is 1. The van der Waals surface area contributed by atoms with Gasteiger partial charge in [0, 0.05) is 12.7 Å². The third-order valence-electron chi connectivity index (χ3n) is 2.66. The molecule has 98 valence electrons. The lowest BCUT2D eigenvalue weighted by Crippen LogP contribution is -2.24. The maximum absolute atomic E-state index is 13.3. The van der Waals surface area contributed by atoms with E-state index >= 15 is 0 Å². The van der Waals surface area contributed by atoms with Gasteiger partial charge in [-0.25, -0.2) is 9.37 Å². The summed E-state index contributed by atoms with van der Waals surface area (Å²) in [5.74, 6) is -3.17. The number of nitrogens with one attached hydrogen (secondary N) is 1. The van der Waals surface area contributed by atoms with Gasteiger partial charge in [-0.05, 0) is 18.6 Å². The van der Waals surface area contributed by atoms with E-state index in [0.29, 0.717) is 0 Å². The summed E-state index contributed by atoms with van der Waals surface area (Å²) in [6, 6.07) is 8.68. The molecule has 19 heavy (non-hydrogen) atoms. The zero-order chi connectivity index (χ0) is 13.8. The first-order valence-corrected chi connectivity index (χ1v) is 5.71. The molecule has 1 heterocycles. The Hall–Kier alpha value is -2.30. The zero-order valence-corrected chi connectivity index (χ0v) is 10.3. The van der Waals surface area contributed by atoms with Crippen molar-refractivity contribution in [1.82, 2.24) is 10.3 Å². The van der Waals surface area contributed by atoms with Gasteiger partial charge < -0.3 is 5.32 Å². The van der Waals surface area contributed by atoms with Crippen molar-refractivity contribution in [2.45, 2.75) is 13.5 Å². The molecule has 1 aromatic heterocycles. The Morgan fingerprint density at radius 3 is 2.58 bits per heavy atom. The van der Waals surface area contributed by atoms with E-state index in [1.165, 1.54) is 0 Å². The molecule has 0 fully saturated rings. The van der Waals surface area contributed by atoms with Crippen LogP contribution >= 0.6 is 0 Å². The summed E-state index contributed by atoms with van der Waals surface area (Å²) in [6.45, 7) is 2.21. The predicted octanol–water partition coefficient (Wildman–Crippen LogP) is 2.60. The van der Waals surface area contributed by atoms with Crippen LogP contribution in [0.4, 0.5) is 8.78 Å². The molecule has 0 spiro atoms. The molecule has 1 N–H and O–H groups in total. The minimum absolute atomic E-state index is 0.252. The van der Waals surface area contributed by atoms with Gasteiger partial charge in [-0.15, -0.1) is 0 Å². The van der Waals surface area contributed by atoms with Crippen molar-refractivity contribution in [3.63, 3.8) is 0 Å². The molecule has 0 radical (unpaired) electrons. The smallest absolute Gasteiger partial charge is 0.254 e. The molecule has 0 saturated heterocycles. The number of pyridine rings is 1. The van der Waals surface area contributed by atoms with Crippen LogP contribution in [0.25, 0.3) is 0 Å². The maximum Gasteiger partial charge on any atom is 0.254 e. The molecule has 0 saturated carbocycles. The molecule has 0 atom stereocenters. The number of benzene rings is 1. The first-order chi connectivity index (χ1) is 9.08. The zero-order valence-electron chi connectivity index (χ0n) is 10.3. The SMILES string of the molecule is Cc1ccc(CNC(=O)c2ccnc(F)c2F)cc1. The van der Waals surface area contributed by atoms with Crippen LogP contribution in [0.3, 0.4) is 0 Å². The predicted molar refractivity (Wildman–Crippen MR) is 66.5 cm³/mol. The molecule has 2 rings (SSSR count). The second kappa shape index (κ2) is 5.56. The quantitative estimate of drug-likeness (QED) is 0.864. The van der Waals surface area contributed by atoms with Gasteiger partial charge in [0.05, 0.1) is 5.56 Å². The van der Waals surface area contributed by atoms with Gasteiger partial charge in [0.2, 0.25) is 5.95 Å². The summed E-state index contributed by atoms with van der Waals surface area (Å²) in [7, 11) is 0. The second-order valence-corrected chi connectivity index (χ2v) is 4.13. The molecule has 0 bridgehead atoms. The Morgan fingerprint density at radius 1 is 1.21 bits per heavy atom. The van der Waals surface area contributed by atoms with Gasteiger partial charge in [-0.1, -0.05) is 29.8 Å². The van der Waals surface area contributed by atoms with Crippen LogP contribution in [0.5, 0.6) is 0 Å². The fourth-order valence-electron chi connectivity index (χ4n) is 1.58. The Bertz CT molecular complexity index is 597. The molecule has 1 aromatic carbocycles. The average molecular weight is 262 g/mol. The molecule has 5 heteroatoms. The summed E-state index contributed by atoms with van der Waals surface area (Å²) in [5, 5.41) is 2.53. The summed E-state index contributed by atoms with van der Waals surface area (Å²) < 4.78 is 26.2. The number of carbonyl (C=O) groups is 1. The van der Waals surface area contributed by atoms with E-state index < -0.39 is 17.7 Å². The lowest BCUT2D eigenvalue weighted by atomic mass is 10.1. The number of aromatic nitrogens is 1. The number of amides is 1. The number of rotatable bonds is 3. The standard InChI is InChI=1S/C14H12F2N2O/c1-9-2-4-10(5-3-9)8-18-14(19)11-6-7-17-13(16)12(11)15/h2-7H,8H2,1H3,(H,18,19). The first-order valence-electron chi connectivity index (χ1n) is 5.71. The highest BCUT2D eigenvalue weighted by molar-refractivity contribution is 5.94. The van der Waals surface area contributed by atoms with E-state index in [1.807, 2.05) is 31.2 Å². The summed E-state index contributed by atoms with van der Waals surface area (Å²) in [6.07, 6.45) is 1.05. The van der Waals surface area contributed by atoms with Crippen molar-refractivity contribution in [2.75, 3.05) is 0 Å². The van der Waals surface area contributed by atoms with Gasteiger partial charge >= 0.3 is 0 Å². The molecule has 0 unspecified atom stereocenters. The van der Waals surface area contributed by atoms with Crippen LogP contribution in [0.2, 0.25) is 0 Å². The van der Waals surface area contributed by atoms with E-state index in [2.05, 4.69) is 10.3 Å². The highest BCUT2D eigenvalue weighted by Gasteiger charge is 2.15. The first kappa shape index (κ1) is 13.1. The Morgan fingerprint density at radius 2 is 1.89 bits per heavy atom. The van der Waals surface area contributed by atoms with Crippen LogP contribution in [0.1, 0.15) is 21.5 Å². The maximum atomic E-state index is 13.3. The van der Waals surface area contributed by atoms with Crippen molar-refractivity contribution < 1.29 is 13.6 Å². The minimum atomic E-state index is -1.28. The van der Waals surface area contributed by atoms with Gasteiger partial charge in [0.15, 0.2) is 5.82 Å². The van der Waals surface area contributed by atoms with Gasteiger partial charge in [0.1, 0.15) is 0 Å². The van der Waals surface area contributed by atoms with Crippen molar-refractivity contribution in [1.29, 1.82) is 0 Å². The van der Waals surface area contributed by atoms with Gasteiger partial charge in [-0.3, -0.25) is 4.79 Å². The number of halogens is 2. The molecule has 0 aliphatic rings. The van der Waals surface area contributed by atoms with E-state index in [1.54, 1.807) is 0 Å². The number of hydrogen-bond donors (Lipinski definition) is 1. The molecule has 0 aliphatic carbocycles. The molecule has 0 aliphatic heterocycles. The molecular weight excluding hydrogens is 250 g/mol. The third kappa shape index (κ3) is 3.13.